The second-order valence-corrected chi connectivity index (χ2v) is 4.69. The van der Waals surface area contributed by atoms with Crippen molar-refractivity contribution in [3.8, 4) is 5.75 Å². The molecule has 0 amide bonds. The Morgan fingerprint density at radius 2 is 2.14 bits per heavy atom. The predicted octanol–water partition coefficient (Wildman–Crippen LogP) is 2.38. The van der Waals surface area contributed by atoms with Gasteiger partial charge in [0.05, 0.1) is 26.4 Å². The van der Waals surface area contributed by atoms with Gasteiger partial charge in [-0.15, -0.1) is 6.58 Å². The summed E-state index contributed by atoms with van der Waals surface area (Å²) in [7, 11) is 1.61. The van der Waals surface area contributed by atoms with Gasteiger partial charge in [0, 0.05) is 5.92 Å². The molecular weight excluding hydrogens is 272 g/mol. The molecule has 0 saturated heterocycles. The van der Waals surface area contributed by atoms with Crippen LogP contribution in [-0.2, 0) is 20.9 Å². The number of aliphatic hydroxyl groups excluding tert-OH is 1. The number of hydrogen-bond acceptors (Lipinski definition) is 5. The molecule has 0 fully saturated rings. The van der Waals surface area contributed by atoms with Crippen LogP contribution in [0.5, 0.6) is 5.75 Å². The first-order chi connectivity index (χ1) is 10.1. The molecule has 1 aliphatic rings. The Balaban J connectivity index is 1.84. The Morgan fingerprint density at radius 3 is 2.67 bits per heavy atom. The molecule has 5 heteroatoms. The van der Waals surface area contributed by atoms with Crippen LogP contribution in [0.25, 0.3) is 0 Å². The summed E-state index contributed by atoms with van der Waals surface area (Å²) in [5.74, 6) is -0.126. The molecule has 112 valence electrons. The summed E-state index contributed by atoms with van der Waals surface area (Å²) in [6.07, 6.45) is 1.98. The second-order valence-electron chi connectivity index (χ2n) is 4.69. The van der Waals surface area contributed by atoms with Crippen molar-refractivity contribution in [1.82, 2.24) is 0 Å². The second kappa shape index (κ2) is 6.95. The molecule has 2 atom stereocenters. The molecule has 21 heavy (non-hydrogen) atoms. The lowest BCUT2D eigenvalue weighted by atomic mass is 10.0. The Bertz CT molecular complexity index is 532. The van der Waals surface area contributed by atoms with Gasteiger partial charge in [-0.3, -0.25) is 0 Å². The Labute approximate surface area is 123 Å². The SMILES string of the molecule is C=CC(COCc1ccc(OC)cc1)C1OC(=O)C=C1O. The van der Waals surface area contributed by atoms with Crippen LogP contribution >= 0.6 is 0 Å². The zero-order chi connectivity index (χ0) is 15.2. The fourth-order valence-corrected chi connectivity index (χ4v) is 2.04. The molecule has 0 spiro atoms. The number of aliphatic hydroxyl groups is 1. The topological polar surface area (TPSA) is 65.0 Å². The zero-order valence-corrected chi connectivity index (χ0v) is 11.8. The molecule has 0 radical (unpaired) electrons. The van der Waals surface area contributed by atoms with E-state index in [4.69, 9.17) is 14.2 Å². The number of ether oxygens (including phenoxy) is 3. The summed E-state index contributed by atoms with van der Waals surface area (Å²) in [5, 5.41) is 9.63. The third-order valence-electron chi connectivity index (χ3n) is 3.23. The summed E-state index contributed by atoms with van der Waals surface area (Å²) >= 11 is 0. The summed E-state index contributed by atoms with van der Waals surface area (Å²) in [6.45, 7) is 4.40. The Morgan fingerprint density at radius 1 is 1.43 bits per heavy atom. The van der Waals surface area contributed by atoms with Gasteiger partial charge in [0.25, 0.3) is 0 Å². The lowest BCUT2D eigenvalue weighted by Crippen LogP contribution is -2.26. The summed E-state index contributed by atoms with van der Waals surface area (Å²) in [5.41, 5.74) is 1.00. The maximum atomic E-state index is 11.1. The number of cyclic esters (lactones) is 1. The molecule has 0 aromatic heterocycles. The number of hydrogen-bond donors (Lipinski definition) is 1. The van der Waals surface area contributed by atoms with E-state index in [0.717, 1.165) is 17.4 Å². The van der Waals surface area contributed by atoms with Crippen LogP contribution in [0, 0.1) is 5.92 Å². The molecule has 5 nitrogen and oxygen atoms in total. The fourth-order valence-electron chi connectivity index (χ4n) is 2.04. The highest BCUT2D eigenvalue weighted by Gasteiger charge is 2.32. The zero-order valence-electron chi connectivity index (χ0n) is 11.8. The van der Waals surface area contributed by atoms with E-state index < -0.39 is 12.1 Å². The largest absolute Gasteiger partial charge is 0.508 e. The molecule has 1 heterocycles. The van der Waals surface area contributed by atoms with Crippen molar-refractivity contribution in [2.45, 2.75) is 12.7 Å². The number of methoxy groups -OCH3 is 1. The summed E-state index contributed by atoms with van der Waals surface area (Å²) in [6, 6.07) is 7.54. The highest BCUT2D eigenvalue weighted by atomic mass is 16.6. The van der Waals surface area contributed by atoms with Crippen LogP contribution < -0.4 is 4.74 Å². The molecule has 1 aliphatic heterocycles. The number of rotatable bonds is 7. The minimum atomic E-state index is -0.703. The highest BCUT2D eigenvalue weighted by molar-refractivity contribution is 5.85. The molecule has 1 aromatic rings. The quantitative estimate of drug-likeness (QED) is 0.617. The van der Waals surface area contributed by atoms with Gasteiger partial charge in [0.15, 0.2) is 6.10 Å². The van der Waals surface area contributed by atoms with E-state index in [-0.39, 0.29) is 11.7 Å². The molecule has 1 aromatic carbocycles. The van der Waals surface area contributed by atoms with Crippen LogP contribution in [0.1, 0.15) is 5.56 Å². The van der Waals surface area contributed by atoms with Crippen molar-refractivity contribution in [3.63, 3.8) is 0 Å². The minimum absolute atomic E-state index is 0.0852. The van der Waals surface area contributed by atoms with Gasteiger partial charge in [0.1, 0.15) is 11.5 Å². The van der Waals surface area contributed by atoms with Crippen molar-refractivity contribution in [2.75, 3.05) is 13.7 Å². The normalized spacial score (nSPS) is 18.8. The van der Waals surface area contributed by atoms with Gasteiger partial charge in [0.2, 0.25) is 0 Å². The van der Waals surface area contributed by atoms with Gasteiger partial charge < -0.3 is 19.3 Å². The van der Waals surface area contributed by atoms with E-state index in [0.29, 0.717) is 13.2 Å². The van der Waals surface area contributed by atoms with Crippen molar-refractivity contribution < 1.29 is 24.1 Å². The third kappa shape index (κ3) is 3.86. The van der Waals surface area contributed by atoms with Crippen molar-refractivity contribution in [2.24, 2.45) is 5.92 Å². The van der Waals surface area contributed by atoms with E-state index in [2.05, 4.69) is 6.58 Å². The van der Waals surface area contributed by atoms with Crippen molar-refractivity contribution >= 4 is 5.97 Å². The first-order valence-electron chi connectivity index (χ1n) is 6.58. The van der Waals surface area contributed by atoms with E-state index in [1.807, 2.05) is 24.3 Å². The number of esters is 1. The highest BCUT2D eigenvalue weighted by Crippen LogP contribution is 2.22. The van der Waals surface area contributed by atoms with Crippen LogP contribution in [0.2, 0.25) is 0 Å². The standard InChI is InChI=1S/C16H18O5/c1-3-12(16-14(17)8-15(18)21-16)10-20-9-11-4-6-13(19-2)7-5-11/h3-8,12,16-17H,1,9-10H2,2H3. The maximum Gasteiger partial charge on any atom is 0.335 e. The van der Waals surface area contributed by atoms with Crippen molar-refractivity contribution in [1.29, 1.82) is 0 Å². The summed E-state index contributed by atoms with van der Waals surface area (Å²) < 4.78 is 15.7. The van der Waals surface area contributed by atoms with Crippen LogP contribution in [0.15, 0.2) is 48.8 Å². The summed E-state index contributed by atoms with van der Waals surface area (Å²) in [4.78, 5) is 11.1. The number of carbonyl (C=O) groups is 1. The fraction of sp³-hybridized carbons (Fsp3) is 0.312. The Hall–Kier alpha value is -2.27. The lowest BCUT2D eigenvalue weighted by molar-refractivity contribution is -0.141. The van der Waals surface area contributed by atoms with Crippen LogP contribution in [0.4, 0.5) is 0 Å². The number of benzene rings is 1. The van der Waals surface area contributed by atoms with Gasteiger partial charge in [-0.1, -0.05) is 18.2 Å². The molecule has 2 unspecified atom stereocenters. The van der Waals surface area contributed by atoms with Crippen LogP contribution in [-0.4, -0.2) is 30.9 Å². The van der Waals surface area contributed by atoms with Crippen LogP contribution in [0.3, 0.4) is 0 Å². The van der Waals surface area contributed by atoms with Gasteiger partial charge >= 0.3 is 5.97 Å². The molecule has 2 rings (SSSR count). The minimum Gasteiger partial charge on any atom is -0.508 e. The van der Waals surface area contributed by atoms with E-state index in [1.54, 1.807) is 13.2 Å². The molecule has 0 bridgehead atoms. The third-order valence-corrected chi connectivity index (χ3v) is 3.23. The Kier molecular flexibility index (Phi) is 5.00. The first kappa shape index (κ1) is 15.1. The predicted molar refractivity (Wildman–Crippen MR) is 76.9 cm³/mol. The number of carbonyl (C=O) groups excluding carboxylic acids is 1. The smallest absolute Gasteiger partial charge is 0.335 e. The van der Waals surface area contributed by atoms with Crippen molar-refractivity contribution in [3.05, 3.63) is 54.3 Å². The molecule has 1 N–H and O–H groups in total. The average molecular weight is 290 g/mol. The van der Waals surface area contributed by atoms with E-state index in [1.165, 1.54) is 0 Å². The molecule has 0 saturated carbocycles. The van der Waals surface area contributed by atoms with Gasteiger partial charge in [-0.05, 0) is 17.7 Å². The molecule has 0 aliphatic carbocycles. The lowest BCUT2D eigenvalue weighted by Gasteiger charge is -2.19. The van der Waals surface area contributed by atoms with Gasteiger partial charge in [-0.25, -0.2) is 4.79 Å². The maximum absolute atomic E-state index is 11.1. The van der Waals surface area contributed by atoms with E-state index >= 15 is 0 Å². The first-order valence-corrected chi connectivity index (χ1v) is 6.58. The van der Waals surface area contributed by atoms with Gasteiger partial charge in [-0.2, -0.15) is 0 Å². The average Bonchev–Trinajstić information content (AvgIpc) is 2.83. The monoisotopic (exact) mass is 290 g/mol. The molecular formula is C16H18O5. The van der Waals surface area contributed by atoms with E-state index in [9.17, 15) is 9.90 Å².